The van der Waals surface area contributed by atoms with Crippen LogP contribution in [0.25, 0.3) is 0 Å². The van der Waals surface area contributed by atoms with E-state index in [-0.39, 0.29) is 5.31 Å². The molecule has 0 bridgehead atoms. The van der Waals surface area contributed by atoms with E-state index in [9.17, 15) is 4.79 Å². The lowest BCUT2D eigenvalue weighted by Crippen LogP contribution is -2.12. The van der Waals surface area contributed by atoms with Crippen LogP contribution in [0.1, 0.15) is 21.0 Å². The van der Waals surface area contributed by atoms with E-state index in [2.05, 4.69) is 12.3 Å². The summed E-state index contributed by atoms with van der Waals surface area (Å²) in [6, 6.07) is 0. The molecule has 0 radical (unpaired) electrons. The Labute approximate surface area is 59.7 Å². The molecular weight excluding hydrogens is 114 g/mol. The Morgan fingerprint density at radius 2 is 2.86 bits per heavy atom. The van der Waals surface area contributed by atoms with Gasteiger partial charge in [0.05, 0.1) is 0 Å². The number of amides is 1. The number of halogens is 1. The molecular formula is C4H8ClNO. The van der Waals surface area contributed by atoms with Gasteiger partial charge in [-0.3, -0.25) is 4.79 Å². The summed E-state index contributed by atoms with van der Waals surface area (Å²) in [5.74, 6) is -1.50. The summed E-state index contributed by atoms with van der Waals surface area (Å²) in [5, 5.41) is -0.285. The molecule has 1 aliphatic rings. The lowest BCUT2D eigenvalue weighted by Gasteiger charge is -1.80. The number of nitrogens with one attached hydrogen (secondary N) is 1. The molecule has 1 fully saturated rings. The minimum atomic E-state index is -3.02. The summed E-state index contributed by atoms with van der Waals surface area (Å²) in [6.45, 7) is -2.94. The molecule has 1 rings (SSSR count). The zero-order chi connectivity index (χ0) is 12.7. The van der Waals surface area contributed by atoms with Crippen molar-refractivity contribution in [2.75, 3.05) is 6.50 Å². The van der Waals surface area contributed by atoms with E-state index < -0.39 is 25.1 Å². The summed E-state index contributed by atoms with van der Waals surface area (Å²) in [6.07, 6.45) is -6.00. The van der Waals surface area contributed by atoms with Crippen molar-refractivity contribution in [3.8, 4) is 0 Å². The number of carbonyl (C=O) groups is 1. The first kappa shape index (κ1) is 1.18. The SMILES string of the molecule is [2H]Cl.[2H]N1C(=O)C([2H])([2H])C([2H])([2H])C1([2H])[2H]. The number of hydrogen-bond donors (Lipinski definition) is 1. The lowest BCUT2D eigenvalue weighted by atomic mass is 10.4. The van der Waals surface area contributed by atoms with Crippen molar-refractivity contribution in [2.24, 2.45) is 0 Å². The molecule has 7 heavy (non-hydrogen) atoms. The monoisotopic (exact) mass is 129 g/mol. The van der Waals surface area contributed by atoms with E-state index in [4.69, 9.17) is 10.8 Å². The van der Waals surface area contributed by atoms with Crippen LogP contribution in [0.4, 0.5) is 0 Å². The molecule has 1 amide bonds. The summed E-state index contributed by atoms with van der Waals surface area (Å²) in [4.78, 5) is 10.9. The van der Waals surface area contributed by atoms with Crippen LogP contribution in [0.5, 0.6) is 0 Å². The average Bonchev–Trinajstić information content (AvgIpc) is 2.23. The van der Waals surface area contributed by atoms with Gasteiger partial charge in [0.2, 0.25) is 5.91 Å². The standard InChI is InChI=1S/C4H7NO.ClH/c6-4-2-1-3-5-4;/h1-3H2,(H,5,6);1H/i1D2,2D2,3D2;/hD2. The fourth-order valence-electron chi connectivity index (χ4n) is 0.188. The van der Waals surface area contributed by atoms with Crippen molar-refractivity contribution in [1.29, 1.82) is 1.17 Å². The van der Waals surface area contributed by atoms with Gasteiger partial charge in [0.1, 0.15) is 1.17 Å². The third-order valence-electron chi connectivity index (χ3n) is 0.383. The molecule has 1 aliphatic heterocycles. The van der Waals surface area contributed by atoms with Gasteiger partial charge < -0.3 is 5.31 Å². The highest BCUT2D eigenvalue weighted by Gasteiger charge is 2.05. The highest BCUT2D eigenvalue weighted by atomic mass is 35.5. The quantitative estimate of drug-likeness (QED) is 0.502. The fourth-order valence-corrected chi connectivity index (χ4v) is 0.188. The van der Waals surface area contributed by atoms with Gasteiger partial charge in [-0.2, -0.15) is 0 Å². The molecule has 0 spiro atoms. The second-order valence-corrected chi connectivity index (χ2v) is 0.779. The van der Waals surface area contributed by atoms with Crippen molar-refractivity contribution < 1.29 is 14.4 Å². The van der Waals surface area contributed by atoms with Crippen molar-refractivity contribution in [3.63, 3.8) is 0 Å². The Morgan fingerprint density at radius 1 is 2.14 bits per heavy atom. The second kappa shape index (κ2) is 2.86. The zero-order valence-electron chi connectivity index (χ0n) is 11.2. The first-order valence-electron chi connectivity index (χ1n) is 5.23. The smallest absolute Gasteiger partial charge is 0.220 e. The highest BCUT2D eigenvalue weighted by Crippen LogP contribution is 1.93. The molecule has 3 heteroatoms. The van der Waals surface area contributed by atoms with Gasteiger partial charge in [0.15, 0.2) is 1.41 Å². The van der Waals surface area contributed by atoms with E-state index in [1.807, 2.05) is 0 Å². The average molecular weight is 130 g/mol. The van der Waals surface area contributed by atoms with Crippen LogP contribution in [-0.2, 0) is 4.79 Å². The minimum Gasteiger partial charge on any atom is -0.356 e. The maximum Gasteiger partial charge on any atom is 0.220 e. The van der Waals surface area contributed by atoms with Crippen molar-refractivity contribution in [2.45, 2.75) is 12.7 Å². The Morgan fingerprint density at radius 3 is 3.00 bits per heavy atom. The van der Waals surface area contributed by atoms with E-state index in [0.29, 0.717) is 0 Å². The first-order chi connectivity index (χ1) is 6.57. The van der Waals surface area contributed by atoms with E-state index in [1.165, 1.54) is 0 Å². The molecule has 0 aromatic heterocycles. The molecule has 1 saturated heterocycles. The van der Waals surface area contributed by atoms with Crippen molar-refractivity contribution in [1.82, 2.24) is 5.31 Å². The summed E-state index contributed by atoms with van der Waals surface area (Å²) >= 11 is 3.89. The summed E-state index contributed by atoms with van der Waals surface area (Å²) < 4.78 is 54.4. The van der Waals surface area contributed by atoms with Gasteiger partial charge >= 0.3 is 0 Å². The Balaban J connectivity index is 0.000000921. The highest BCUT2D eigenvalue weighted by molar-refractivity contribution is 5.85. The Kier molecular flexibility index (Phi) is 0.483. The molecule has 0 unspecified atom stereocenters. The molecule has 1 N–H and O–H groups in total. The summed E-state index contributed by atoms with van der Waals surface area (Å²) in [5.41, 5.74) is 0. The molecule has 1 heterocycles. The third-order valence-corrected chi connectivity index (χ3v) is 0.383. The van der Waals surface area contributed by atoms with Gasteiger partial charge in [0.25, 0.3) is 0 Å². The lowest BCUT2D eigenvalue weighted by molar-refractivity contribution is -0.119. The van der Waals surface area contributed by atoms with Gasteiger partial charge in [-0.25, -0.2) is 0 Å². The second-order valence-electron chi connectivity index (χ2n) is 0.779. The molecule has 2 nitrogen and oxygen atoms in total. The van der Waals surface area contributed by atoms with Crippen LogP contribution in [0.3, 0.4) is 0 Å². The van der Waals surface area contributed by atoms with Crippen LogP contribution in [0, 0.1) is 0 Å². The molecule has 0 aromatic carbocycles. The van der Waals surface area contributed by atoms with Crippen LogP contribution < -0.4 is 5.31 Å². The Bertz CT molecular complexity index is 267. The molecule has 0 saturated carbocycles. The van der Waals surface area contributed by atoms with Crippen molar-refractivity contribution in [3.05, 3.63) is 0 Å². The van der Waals surface area contributed by atoms with Gasteiger partial charge in [-0.05, 0) is 6.37 Å². The van der Waals surface area contributed by atoms with Gasteiger partial charge in [-0.15, -0.1) is 12.3 Å². The first-order valence-corrected chi connectivity index (χ1v) is 1.40. The van der Waals surface area contributed by atoms with E-state index in [1.54, 1.807) is 0 Å². The topological polar surface area (TPSA) is 29.1 Å². The van der Waals surface area contributed by atoms with Crippen LogP contribution in [0.15, 0.2) is 0 Å². The largest absolute Gasteiger partial charge is 0.356 e. The number of rotatable bonds is 0. The fraction of sp³-hybridized carbons (Fsp3) is 0.750. The van der Waals surface area contributed by atoms with E-state index >= 15 is 0 Å². The number of carbonyl (C=O) groups excluding carboxylic acids is 1. The van der Waals surface area contributed by atoms with Crippen LogP contribution in [0.2, 0.25) is 1.41 Å². The predicted octanol–water partition coefficient (Wildman–Crippen LogP) is 0.318. The molecule has 0 aromatic rings. The third kappa shape index (κ3) is 1.78. The zero-order valence-corrected chi connectivity index (χ0v) is 3.99. The molecule has 0 atom stereocenters. The van der Waals surface area contributed by atoms with Gasteiger partial charge in [-0.1, -0.05) is 0 Å². The van der Waals surface area contributed by atoms with E-state index in [0.717, 1.165) is 0 Å². The van der Waals surface area contributed by atoms with Crippen LogP contribution in [-0.4, -0.2) is 13.6 Å². The maximum atomic E-state index is 10.9. The Hall–Kier alpha value is -0.240. The van der Waals surface area contributed by atoms with Crippen molar-refractivity contribution >= 4 is 18.2 Å². The summed E-state index contributed by atoms with van der Waals surface area (Å²) in [7, 11) is 0. The molecule has 0 aliphatic carbocycles. The maximum absolute atomic E-state index is 10.9. The predicted molar refractivity (Wildman–Crippen MR) is 29.5 cm³/mol. The van der Waals surface area contributed by atoms with Crippen LogP contribution >= 0.6 is 12.3 Å². The minimum absolute atomic E-state index is 0.285. The number of hydrogen-bond acceptors (Lipinski definition) is 1. The molecule has 42 valence electrons. The normalized spacial score (nSPS) is 56.7. The van der Waals surface area contributed by atoms with Gasteiger partial charge in [0, 0.05) is 21.1 Å².